The van der Waals surface area contributed by atoms with Crippen molar-refractivity contribution in [2.24, 2.45) is 5.92 Å². The van der Waals surface area contributed by atoms with E-state index in [1.165, 1.54) is 12.0 Å². The van der Waals surface area contributed by atoms with Crippen molar-refractivity contribution >= 4 is 40.7 Å². The van der Waals surface area contributed by atoms with Crippen molar-refractivity contribution in [2.75, 3.05) is 30.4 Å². The molecule has 2 aromatic carbocycles. The van der Waals surface area contributed by atoms with Gasteiger partial charge in [-0.15, -0.1) is 0 Å². The molecule has 0 bridgehead atoms. The zero-order valence-corrected chi connectivity index (χ0v) is 16.0. The van der Waals surface area contributed by atoms with Crippen LogP contribution in [0.3, 0.4) is 0 Å². The molecule has 0 unspecified atom stereocenters. The zero-order valence-electron chi connectivity index (χ0n) is 15.3. The van der Waals surface area contributed by atoms with Gasteiger partial charge in [0.1, 0.15) is 5.75 Å². The maximum absolute atomic E-state index is 12.4. The Morgan fingerprint density at radius 2 is 1.96 bits per heavy atom. The van der Waals surface area contributed by atoms with Crippen LogP contribution in [0.2, 0.25) is 5.02 Å². The Hall–Kier alpha value is -3.06. The fourth-order valence-corrected chi connectivity index (χ4v) is 3.19. The molecule has 7 nitrogen and oxygen atoms in total. The van der Waals surface area contributed by atoms with E-state index in [-0.39, 0.29) is 37.2 Å². The summed E-state index contributed by atoms with van der Waals surface area (Å²) >= 11 is 6.03. The smallest absolute Gasteiger partial charge is 0.243 e. The maximum Gasteiger partial charge on any atom is 0.243 e. The van der Waals surface area contributed by atoms with Crippen molar-refractivity contribution in [1.82, 2.24) is 5.32 Å². The van der Waals surface area contributed by atoms with Crippen molar-refractivity contribution in [2.45, 2.75) is 6.42 Å². The van der Waals surface area contributed by atoms with Crippen molar-refractivity contribution in [3.63, 3.8) is 0 Å². The maximum atomic E-state index is 12.4. The molecular weight excluding hydrogens is 382 g/mol. The molecule has 1 heterocycles. The monoisotopic (exact) mass is 401 g/mol. The van der Waals surface area contributed by atoms with E-state index in [0.717, 1.165) is 0 Å². The summed E-state index contributed by atoms with van der Waals surface area (Å²) in [6, 6.07) is 13.9. The number of hydrogen-bond donors (Lipinski definition) is 2. The summed E-state index contributed by atoms with van der Waals surface area (Å²) in [7, 11) is 1.50. The molecule has 0 saturated carbocycles. The van der Waals surface area contributed by atoms with Gasteiger partial charge in [0.25, 0.3) is 0 Å². The Morgan fingerprint density at radius 1 is 1.21 bits per heavy atom. The average Bonchev–Trinajstić information content (AvgIpc) is 3.08. The van der Waals surface area contributed by atoms with Gasteiger partial charge in [-0.2, -0.15) is 0 Å². The Bertz CT molecular complexity index is 888. The Morgan fingerprint density at radius 3 is 2.68 bits per heavy atom. The Labute approximate surface area is 167 Å². The first-order valence-corrected chi connectivity index (χ1v) is 9.12. The number of anilines is 2. The first-order chi connectivity index (χ1) is 13.5. The van der Waals surface area contributed by atoms with E-state index in [1.807, 2.05) is 6.07 Å². The second-order valence-electron chi connectivity index (χ2n) is 6.35. The van der Waals surface area contributed by atoms with E-state index >= 15 is 0 Å². The van der Waals surface area contributed by atoms with Crippen LogP contribution in [-0.2, 0) is 14.4 Å². The molecule has 28 heavy (non-hydrogen) atoms. The molecule has 0 aliphatic carbocycles. The summed E-state index contributed by atoms with van der Waals surface area (Å²) in [4.78, 5) is 38.3. The van der Waals surface area contributed by atoms with Gasteiger partial charge in [0.15, 0.2) is 0 Å². The van der Waals surface area contributed by atoms with E-state index in [4.69, 9.17) is 16.3 Å². The molecule has 1 aliphatic rings. The van der Waals surface area contributed by atoms with Crippen molar-refractivity contribution < 1.29 is 19.1 Å². The number of carbonyl (C=O) groups excluding carboxylic acids is 3. The number of nitrogens with zero attached hydrogens (tertiary/aromatic N) is 1. The number of benzene rings is 2. The predicted molar refractivity (Wildman–Crippen MR) is 107 cm³/mol. The average molecular weight is 402 g/mol. The van der Waals surface area contributed by atoms with Crippen LogP contribution in [0, 0.1) is 5.92 Å². The van der Waals surface area contributed by atoms with E-state index in [0.29, 0.717) is 22.1 Å². The van der Waals surface area contributed by atoms with Gasteiger partial charge >= 0.3 is 0 Å². The molecule has 8 heteroatoms. The molecule has 0 aromatic heterocycles. The third kappa shape index (κ3) is 4.61. The second-order valence-corrected chi connectivity index (χ2v) is 6.79. The summed E-state index contributed by atoms with van der Waals surface area (Å²) in [5.41, 5.74) is 1.18. The number of rotatable bonds is 6. The molecule has 0 spiro atoms. The highest BCUT2D eigenvalue weighted by Crippen LogP contribution is 2.35. The van der Waals surface area contributed by atoms with Crippen LogP contribution in [-0.4, -0.2) is 37.9 Å². The summed E-state index contributed by atoms with van der Waals surface area (Å²) in [5, 5.41) is 5.75. The molecule has 1 fully saturated rings. The quantitative estimate of drug-likeness (QED) is 0.778. The molecule has 146 valence electrons. The summed E-state index contributed by atoms with van der Waals surface area (Å²) in [5.74, 6) is -0.937. The fraction of sp³-hybridized carbons (Fsp3) is 0.250. The summed E-state index contributed by atoms with van der Waals surface area (Å²) in [6.45, 7) is 0.0284. The van der Waals surface area contributed by atoms with Gasteiger partial charge in [-0.25, -0.2) is 0 Å². The lowest BCUT2D eigenvalue weighted by molar-refractivity contribution is -0.127. The molecule has 2 aromatic rings. The number of carbonyl (C=O) groups is 3. The normalized spacial score (nSPS) is 16.0. The number of ether oxygens (including phenoxy) is 1. The number of amides is 3. The molecule has 0 radical (unpaired) electrons. The number of para-hydroxylation sites is 1. The van der Waals surface area contributed by atoms with Gasteiger partial charge in [0.2, 0.25) is 17.7 Å². The third-order valence-electron chi connectivity index (χ3n) is 4.41. The van der Waals surface area contributed by atoms with E-state index in [1.54, 1.807) is 42.5 Å². The number of nitrogens with one attached hydrogen (secondary N) is 2. The van der Waals surface area contributed by atoms with Crippen LogP contribution >= 0.6 is 11.6 Å². The van der Waals surface area contributed by atoms with Crippen LogP contribution in [0.15, 0.2) is 48.5 Å². The second kappa shape index (κ2) is 8.75. The molecular formula is C20H20ClN3O4. The minimum atomic E-state index is -0.555. The first kappa shape index (κ1) is 19.7. The summed E-state index contributed by atoms with van der Waals surface area (Å²) in [6.07, 6.45) is 0.0573. The van der Waals surface area contributed by atoms with Gasteiger partial charge in [-0.3, -0.25) is 14.4 Å². The number of hydrogen-bond acceptors (Lipinski definition) is 4. The molecule has 1 atom stereocenters. The van der Waals surface area contributed by atoms with E-state index in [2.05, 4.69) is 10.6 Å². The van der Waals surface area contributed by atoms with Crippen LogP contribution in [0.5, 0.6) is 5.75 Å². The van der Waals surface area contributed by atoms with Crippen LogP contribution < -0.4 is 20.3 Å². The molecule has 2 N–H and O–H groups in total. The topological polar surface area (TPSA) is 87.7 Å². The first-order valence-electron chi connectivity index (χ1n) is 8.74. The molecule has 3 rings (SSSR count). The highest BCUT2D eigenvalue weighted by molar-refractivity contribution is 6.31. The molecule has 3 amide bonds. The van der Waals surface area contributed by atoms with Gasteiger partial charge in [-0.1, -0.05) is 29.8 Å². The van der Waals surface area contributed by atoms with Gasteiger partial charge in [0.05, 0.1) is 25.3 Å². The van der Waals surface area contributed by atoms with Crippen LogP contribution in [0.1, 0.15) is 6.42 Å². The van der Waals surface area contributed by atoms with Gasteiger partial charge in [-0.05, 0) is 30.3 Å². The largest absolute Gasteiger partial charge is 0.495 e. The molecule has 1 aliphatic heterocycles. The van der Waals surface area contributed by atoms with E-state index in [9.17, 15) is 14.4 Å². The van der Waals surface area contributed by atoms with Crippen molar-refractivity contribution in [3.8, 4) is 5.75 Å². The number of methoxy groups -OCH3 is 1. The highest BCUT2D eigenvalue weighted by atomic mass is 35.5. The predicted octanol–water partition coefficient (Wildman–Crippen LogP) is 2.46. The van der Waals surface area contributed by atoms with E-state index < -0.39 is 5.92 Å². The fourth-order valence-electron chi connectivity index (χ4n) is 3.03. The minimum absolute atomic E-state index is 0.0573. The highest BCUT2D eigenvalue weighted by Gasteiger charge is 2.36. The van der Waals surface area contributed by atoms with Crippen molar-refractivity contribution in [3.05, 3.63) is 53.6 Å². The van der Waals surface area contributed by atoms with Crippen LogP contribution in [0.4, 0.5) is 11.4 Å². The standard InChI is InChI=1S/C20H20ClN3O4/c1-28-17-8-7-14(21)10-16(17)24-12-13(9-19(24)26)20(27)22-11-18(25)23-15-5-3-2-4-6-15/h2-8,10,13H,9,11-12H2,1H3,(H,22,27)(H,23,25)/t13-/m1/s1. The lowest BCUT2D eigenvalue weighted by atomic mass is 10.1. The third-order valence-corrected chi connectivity index (χ3v) is 4.64. The van der Waals surface area contributed by atoms with Crippen molar-refractivity contribution in [1.29, 1.82) is 0 Å². The number of halogens is 1. The Balaban J connectivity index is 1.58. The molecule has 1 saturated heterocycles. The zero-order chi connectivity index (χ0) is 20.1. The lowest BCUT2D eigenvalue weighted by Crippen LogP contribution is -2.37. The summed E-state index contributed by atoms with van der Waals surface area (Å²) < 4.78 is 5.29. The van der Waals surface area contributed by atoms with Gasteiger partial charge in [0, 0.05) is 23.7 Å². The minimum Gasteiger partial charge on any atom is -0.495 e. The lowest BCUT2D eigenvalue weighted by Gasteiger charge is -2.19. The Kier molecular flexibility index (Phi) is 6.16. The SMILES string of the molecule is COc1ccc(Cl)cc1N1C[C@H](C(=O)NCC(=O)Nc2ccccc2)CC1=O. The van der Waals surface area contributed by atoms with Crippen LogP contribution in [0.25, 0.3) is 0 Å². The van der Waals surface area contributed by atoms with Gasteiger partial charge < -0.3 is 20.3 Å².